The molecule has 0 bridgehead atoms. The zero-order chi connectivity index (χ0) is 20.1. The van der Waals surface area contributed by atoms with E-state index >= 15 is 0 Å². The van der Waals surface area contributed by atoms with Gasteiger partial charge in [-0.3, -0.25) is 4.79 Å². The molecule has 0 saturated carbocycles. The molecule has 0 spiro atoms. The normalized spacial score (nSPS) is 18.5. The van der Waals surface area contributed by atoms with Gasteiger partial charge in [-0.15, -0.1) is 0 Å². The number of carbonyl (C=O) groups excluding carboxylic acids is 2. The number of amides is 1. The molecule has 0 aromatic heterocycles. The lowest BCUT2D eigenvalue weighted by atomic mass is 9.79. The van der Waals surface area contributed by atoms with E-state index in [0.29, 0.717) is 5.69 Å². The summed E-state index contributed by atoms with van der Waals surface area (Å²) in [6, 6.07) is 16.7. The molecule has 0 saturated heterocycles. The van der Waals surface area contributed by atoms with Gasteiger partial charge in [0.1, 0.15) is 6.29 Å². The molecule has 3 rings (SSSR count). The van der Waals surface area contributed by atoms with E-state index in [9.17, 15) is 19.5 Å². The fraction of sp³-hybridized carbons (Fsp3) is 0.136. The summed E-state index contributed by atoms with van der Waals surface area (Å²) in [6.45, 7) is 1.66. The maximum absolute atomic E-state index is 12.6. The molecule has 2 aromatic rings. The molecular formula is C22H20N2O4. The van der Waals surface area contributed by atoms with E-state index < -0.39 is 17.3 Å². The fourth-order valence-corrected chi connectivity index (χ4v) is 2.89. The molecule has 0 aliphatic heterocycles. The van der Waals surface area contributed by atoms with Crippen molar-refractivity contribution in [3.8, 4) is 0 Å². The van der Waals surface area contributed by atoms with Crippen LogP contribution in [0.25, 0.3) is 0 Å². The average molecular weight is 376 g/mol. The average Bonchev–Trinajstić information content (AvgIpc) is 2.70. The second-order valence-corrected chi connectivity index (χ2v) is 6.83. The maximum atomic E-state index is 12.6. The van der Waals surface area contributed by atoms with Crippen molar-refractivity contribution in [1.82, 2.24) is 0 Å². The summed E-state index contributed by atoms with van der Waals surface area (Å²) < 4.78 is 0. The summed E-state index contributed by atoms with van der Waals surface area (Å²) >= 11 is 0. The van der Waals surface area contributed by atoms with Crippen molar-refractivity contribution in [3.63, 3.8) is 0 Å². The van der Waals surface area contributed by atoms with Crippen molar-refractivity contribution in [2.45, 2.75) is 13.3 Å². The molecule has 6 nitrogen and oxygen atoms in total. The Bertz CT molecular complexity index is 962. The monoisotopic (exact) mass is 376 g/mol. The number of nitrogens with one attached hydrogen (secondary N) is 2. The number of carboxylic acid groups (broad SMARTS) is 1. The molecule has 1 amide bonds. The van der Waals surface area contributed by atoms with Crippen LogP contribution in [0.5, 0.6) is 0 Å². The highest BCUT2D eigenvalue weighted by molar-refractivity contribution is 6.14. The van der Waals surface area contributed by atoms with E-state index in [1.54, 1.807) is 31.2 Å². The first-order valence-electron chi connectivity index (χ1n) is 8.77. The number of benzene rings is 2. The Kier molecular flexibility index (Phi) is 5.40. The number of carbonyl (C=O) groups is 3. The number of hydrogen-bond acceptors (Lipinski definition) is 4. The molecule has 3 N–H and O–H groups in total. The van der Waals surface area contributed by atoms with Crippen LogP contribution in [-0.2, 0) is 14.4 Å². The van der Waals surface area contributed by atoms with Crippen molar-refractivity contribution >= 4 is 35.2 Å². The third-order valence-corrected chi connectivity index (χ3v) is 4.46. The predicted molar refractivity (Wildman–Crippen MR) is 107 cm³/mol. The van der Waals surface area contributed by atoms with Gasteiger partial charge >= 0.3 is 5.97 Å². The van der Waals surface area contributed by atoms with Crippen LogP contribution in [0.3, 0.4) is 0 Å². The van der Waals surface area contributed by atoms with Gasteiger partial charge < -0.3 is 20.5 Å². The molecule has 1 aliphatic carbocycles. The van der Waals surface area contributed by atoms with E-state index in [-0.39, 0.29) is 17.6 Å². The van der Waals surface area contributed by atoms with Gasteiger partial charge in [0.2, 0.25) is 0 Å². The Morgan fingerprint density at radius 1 is 0.964 bits per heavy atom. The number of allylic oxidation sites excluding steroid dienone is 2. The number of rotatable bonds is 6. The van der Waals surface area contributed by atoms with Crippen LogP contribution < -0.4 is 10.6 Å². The molecule has 1 unspecified atom stereocenters. The number of hydrogen-bond donors (Lipinski definition) is 3. The van der Waals surface area contributed by atoms with Gasteiger partial charge in [0.25, 0.3) is 5.91 Å². The summed E-state index contributed by atoms with van der Waals surface area (Å²) in [5, 5.41) is 15.3. The second kappa shape index (κ2) is 7.92. The van der Waals surface area contributed by atoms with Gasteiger partial charge in [-0.2, -0.15) is 0 Å². The van der Waals surface area contributed by atoms with Crippen LogP contribution in [0.4, 0.5) is 17.1 Å². The quantitative estimate of drug-likeness (QED) is 0.664. The Hall–Kier alpha value is -3.67. The van der Waals surface area contributed by atoms with Crippen molar-refractivity contribution in [2.24, 2.45) is 5.41 Å². The summed E-state index contributed by atoms with van der Waals surface area (Å²) in [7, 11) is 0. The minimum absolute atomic E-state index is 0.0140. The second-order valence-electron chi connectivity index (χ2n) is 6.83. The molecular weight excluding hydrogens is 356 g/mol. The highest BCUT2D eigenvalue weighted by atomic mass is 16.4. The Labute approximate surface area is 162 Å². The minimum Gasteiger partial charge on any atom is -0.478 e. The van der Waals surface area contributed by atoms with Crippen LogP contribution in [0.2, 0.25) is 0 Å². The lowest BCUT2D eigenvalue weighted by molar-refractivity contribution is -0.133. The van der Waals surface area contributed by atoms with Crippen molar-refractivity contribution < 1.29 is 19.5 Å². The molecule has 1 aliphatic rings. The molecule has 28 heavy (non-hydrogen) atoms. The van der Waals surface area contributed by atoms with E-state index in [4.69, 9.17) is 0 Å². The molecule has 6 heteroatoms. The molecule has 2 aromatic carbocycles. The largest absolute Gasteiger partial charge is 0.478 e. The van der Waals surface area contributed by atoms with Crippen LogP contribution in [0.15, 0.2) is 77.9 Å². The van der Waals surface area contributed by atoms with Crippen molar-refractivity contribution in [2.75, 3.05) is 10.6 Å². The zero-order valence-corrected chi connectivity index (χ0v) is 15.3. The van der Waals surface area contributed by atoms with E-state index in [2.05, 4.69) is 10.6 Å². The molecule has 0 heterocycles. The third kappa shape index (κ3) is 4.35. The lowest BCUT2D eigenvalue weighted by Crippen LogP contribution is -2.27. The number of aliphatic carboxylic acids is 1. The summed E-state index contributed by atoms with van der Waals surface area (Å²) in [5.41, 5.74) is 1.30. The summed E-state index contributed by atoms with van der Waals surface area (Å²) in [6.07, 6.45) is 3.80. The third-order valence-electron chi connectivity index (χ3n) is 4.46. The highest BCUT2D eigenvalue weighted by Gasteiger charge is 2.31. The first-order chi connectivity index (χ1) is 13.4. The zero-order valence-electron chi connectivity index (χ0n) is 15.3. The topological polar surface area (TPSA) is 95.5 Å². The standard InChI is InChI=1S/C22H20N2O4/c1-22(14-25)12-11-18(21(27)28)19(13-22)20(26)24-17-9-7-16(8-10-17)23-15-5-3-2-4-6-15/h2-11,13-14,23H,12H2,1H3,(H,24,26)(H,27,28). The van der Waals surface area contributed by atoms with Crippen LogP contribution in [0, 0.1) is 5.41 Å². The lowest BCUT2D eigenvalue weighted by Gasteiger charge is -2.24. The van der Waals surface area contributed by atoms with Crippen molar-refractivity contribution in [3.05, 3.63) is 77.9 Å². The van der Waals surface area contributed by atoms with Gasteiger partial charge in [-0.1, -0.05) is 30.4 Å². The Morgan fingerprint density at radius 2 is 1.57 bits per heavy atom. The van der Waals surface area contributed by atoms with Gasteiger partial charge in [0.15, 0.2) is 0 Å². The van der Waals surface area contributed by atoms with Crippen LogP contribution in [-0.4, -0.2) is 23.3 Å². The van der Waals surface area contributed by atoms with Crippen molar-refractivity contribution in [1.29, 1.82) is 0 Å². The number of carboxylic acids is 1. The van der Waals surface area contributed by atoms with E-state index in [0.717, 1.165) is 17.7 Å². The number of para-hydroxylation sites is 1. The predicted octanol–water partition coefficient (Wildman–Crippen LogP) is 3.92. The van der Waals surface area contributed by atoms with Crippen LogP contribution in [0.1, 0.15) is 13.3 Å². The first kappa shape index (κ1) is 19.1. The van der Waals surface area contributed by atoms with Gasteiger partial charge in [0, 0.05) is 22.5 Å². The van der Waals surface area contributed by atoms with Gasteiger partial charge in [-0.25, -0.2) is 4.79 Å². The van der Waals surface area contributed by atoms with Crippen LogP contribution >= 0.6 is 0 Å². The molecule has 0 radical (unpaired) electrons. The molecule has 142 valence electrons. The van der Waals surface area contributed by atoms with Gasteiger partial charge in [0.05, 0.1) is 11.1 Å². The Morgan fingerprint density at radius 3 is 2.18 bits per heavy atom. The maximum Gasteiger partial charge on any atom is 0.336 e. The minimum atomic E-state index is -1.20. The molecule has 0 fully saturated rings. The summed E-state index contributed by atoms with van der Waals surface area (Å²) in [5.74, 6) is -1.76. The van der Waals surface area contributed by atoms with E-state index in [1.807, 2.05) is 30.3 Å². The number of anilines is 3. The first-order valence-corrected chi connectivity index (χ1v) is 8.77. The number of aldehydes is 1. The van der Waals surface area contributed by atoms with Gasteiger partial charge in [-0.05, 0) is 49.7 Å². The van der Waals surface area contributed by atoms with E-state index in [1.165, 1.54) is 12.2 Å². The summed E-state index contributed by atoms with van der Waals surface area (Å²) in [4.78, 5) is 35.4. The highest BCUT2D eigenvalue weighted by Crippen LogP contribution is 2.32. The SMILES string of the molecule is CC1(C=O)C=C(C(=O)Nc2ccc(Nc3ccccc3)cc2)C(C(=O)O)=CC1. The Balaban J connectivity index is 1.75. The fourth-order valence-electron chi connectivity index (χ4n) is 2.89. The smallest absolute Gasteiger partial charge is 0.336 e. The molecule has 1 atom stereocenters.